The van der Waals surface area contributed by atoms with Crippen LogP contribution < -0.4 is 5.32 Å². The quantitative estimate of drug-likeness (QED) is 0.688. The van der Waals surface area contributed by atoms with Crippen LogP contribution in [0.5, 0.6) is 0 Å². The average Bonchev–Trinajstić information content (AvgIpc) is 2.32. The van der Waals surface area contributed by atoms with Crippen LogP contribution in [0.2, 0.25) is 0 Å². The summed E-state index contributed by atoms with van der Waals surface area (Å²) in [6.45, 7) is 13.6. The third kappa shape index (κ3) is 6.77. The van der Waals surface area contributed by atoms with Gasteiger partial charge in [0.05, 0.1) is 0 Å². The lowest BCUT2D eigenvalue weighted by Gasteiger charge is -2.24. The molecule has 0 spiro atoms. The van der Waals surface area contributed by atoms with Gasteiger partial charge in [-0.2, -0.15) is 0 Å². The molecule has 1 aromatic rings. The average molecular weight is 261 g/mol. The summed E-state index contributed by atoms with van der Waals surface area (Å²) < 4.78 is 0. The maximum Gasteiger partial charge on any atom is 0.00201 e. The number of aryl methyl sites for hydroxylation is 1. The molecule has 0 radical (unpaired) electrons. The molecule has 1 heteroatoms. The zero-order valence-corrected chi connectivity index (χ0v) is 13.4. The minimum Gasteiger partial charge on any atom is -0.316 e. The monoisotopic (exact) mass is 261 g/mol. The van der Waals surface area contributed by atoms with Crippen LogP contribution in [0.25, 0.3) is 0 Å². The van der Waals surface area contributed by atoms with E-state index in [1.54, 1.807) is 0 Å². The fourth-order valence-corrected chi connectivity index (χ4v) is 2.37. The van der Waals surface area contributed by atoms with E-state index in [1.165, 1.54) is 30.4 Å². The lowest BCUT2D eigenvalue weighted by atomic mass is 9.84. The van der Waals surface area contributed by atoms with Crippen LogP contribution in [0, 0.1) is 12.3 Å². The van der Waals surface area contributed by atoms with Gasteiger partial charge >= 0.3 is 0 Å². The second kappa shape index (κ2) is 7.69. The Balaban J connectivity index is 2.68. The van der Waals surface area contributed by atoms with E-state index in [0.29, 0.717) is 11.3 Å². The van der Waals surface area contributed by atoms with E-state index in [1.807, 2.05) is 0 Å². The number of hydrogen-bond acceptors (Lipinski definition) is 1. The minimum absolute atomic E-state index is 0.423. The fourth-order valence-electron chi connectivity index (χ4n) is 2.37. The lowest BCUT2D eigenvalue weighted by Crippen LogP contribution is -2.23. The molecular formula is C18H31N. The molecule has 0 amide bonds. The fraction of sp³-hybridized carbons (Fsp3) is 0.667. The van der Waals surface area contributed by atoms with Gasteiger partial charge in [-0.05, 0) is 49.6 Å². The SMILES string of the molecule is CCCNCC(CCC(C)(C)C)c1cccc(C)c1. The smallest absolute Gasteiger partial charge is 0.00201 e. The molecule has 0 fully saturated rings. The maximum absolute atomic E-state index is 3.59. The molecule has 108 valence electrons. The van der Waals surface area contributed by atoms with Crippen molar-refractivity contribution in [3.8, 4) is 0 Å². The first-order valence-corrected chi connectivity index (χ1v) is 7.69. The highest BCUT2D eigenvalue weighted by atomic mass is 14.8. The van der Waals surface area contributed by atoms with Crippen molar-refractivity contribution in [2.75, 3.05) is 13.1 Å². The largest absolute Gasteiger partial charge is 0.316 e. The molecule has 1 N–H and O–H groups in total. The van der Waals surface area contributed by atoms with Gasteiger partial charge in [0.15, 0.2) is 0 Å². The van der Waals surface area contributed by atoms with Gasteiger partial charge in [0.2, 0.25) is 0 Å². The first kappa shape index (κ1) is 16.2. The van der Waals surface area contributed by atoms with Crippen molar-refractivity contribution < 1.29 is 0 Å². The Bertz CT molecular complexity index is 362. The highest BCUT2D eigenvalue weighted by Crippen LogP contribution is 2.28. The van der Waals surface area contributed by atoms with Crippen LogP contribution in [0.3, 0.4) is 0 Å². The summed E-state index contributed by atoms with van der Waals surface area (Å²) in [5, 5.41) is 3.59. The molecule has 1 aromatic carbocycles. The van der Waals surface area contributed by atoms with Gasteiger partial charge in [-0.3, -0.25) is 0 Å². The summed E-state index contributed by atoms with van der Waals surface area (Å²) in [6.07, 6.45) is 3.75. The van der Waals surface area contributed by atoms with Crippen LogP contribution in [0.4, 0.5) is 0 Å². The Morgan fingerprint density at radius 3 is 2.53 bits per heavy atom. The van der Waals surface area contributed by atoms with E-state index in [4.69, 9.17) is 0 Å². The van der Waals surface area contributed by atoms with E-state index < -0.39 is 0 Å². The molecule has 1 atom stereocenters. The first-order chi connectivity index (χ1) is 8.92. The van der Waals surface area contributed by atoms with Crippen LogP contribution >= 0.6 is 0 Å². The van der Waals surface area contributed by atoms with Crippen molar-refractivity contribution in [3.05, 3.63) is 35.4 Å². The molecule has 1 rings (SSSR count). The summed E-state index contributed by atoms with van der Waals surface area (Å²) in [7, 11) is 0. The van der Waals surface area contributed by atoms with Gasteiger partial charge < -0.3 is 5.32 Å². The second-order valence-corrected chi connectivity index (χ2v) is 6.91. The highest BCUT2D eigenvalue weighted by Gasteiger charge is 2.16. The summed E-state index contributed by atoms with van der Waals surface area (Å²) >= 11 is 0. The predicted octanol–water partition coefficient (Wildman–Crippen LogP) is 4.90. The molecule has 0 saturated heterocycles. The number of benzene rings is 1. The van der Waals surface area contributed by atoms with Gasteiger partial charge in [-0.1, -0.05) is 57.5 Å². The van der Waals surface area contributed by atoms with Crippen LogP contribution in [-0.2, 0) is 0 Å². The first-order valence-electron chi connectivity index (χ1n) is 7.69. The summed E-state index contributed by atoms with van der Waals surface area (Å²) in [4.78, 5) is 0. The van der Waals surface area contributed by atoms with Crippen molar-refractivity contribution in [1.82, 2.24) is 5.32 Å². The van der Waals surface area contributed by atoms with E-state index in [2.05, 4.69) is 64.2 Å². The van der Waals surface area contributed by atoms with Crippen molar-refractivity contribution in [2.45, 2.75) is 59.8 Å². The number of nitrogens with one attached hydrogen (secondary N) is 1. The Morgan fingerprint density at radius 2 is 1.95 bits per heavy atom. The maximum atomic E-state index is 3.59. The molecule has 1 nitrogen and oxygen atoms in total. The van der Waals surface area contributed by atoms with Crippen molar-refractivity contribution in [3.63, 3.8) is 0 Å². The van der Waals surface area contributed by atoms with Gasteiger partial charge in [-0.15, -0.1) is 0 Å². The Kier molecular flexibility index (Phi) is 6.57. The molecule has 0 aromatic heterocycles. The Morgan fingerprint density at radius 1 is 1.21 bits per heavy atom. The third-order valence-corrected chi connectivity index (χ3v) is 3.57. The van der Waals surface area contributed by atoms with E-state index in [0.717, 1.165) is 13.1 Å². The topological polar surface area (TPSA) is 12.0 Å². The Hall–Kier alpha value is -0.820. The summed E-state index contributed by atoms with van der Waals surface area (Å²) in [5.41, 5.74) is 3.29. The normalized spacial score (nSPS) is 13.5. The summed E-state index contributed by atoms with van der Waals surface area (Å²) in [5.74, 6) is 0.644. The van der Waals surface area contributed by atoms with E-state index in [9.17, 15) is 0 Å². The van der Waals surface area contributed by atoms with Crippen LogP contribution in [0.1, 0.15) is 64.0 Å². The molecular weight excluding hydrogens is 230 g/mol. The van der Waals surface area contributed by atoms with Gasteiger partial charge in [0, 0.05) is 6.54 Å². The predicted molar refractivity (Wildman–Crippen MR) is 85.8 cm³/mol. The highest BCUT2D eigenvalue weighted by molar-refractivity contribution is 5.25. The molecule has 1 unspecified atom stereocenters. The van der Waals surface area contributed by atoms with E-state index in [-0.39, 0.29) is 0 Å². The lowest BCUT2D eigenvalue weighted by molar-refractivity contribution is 0.344. The van der Waals surface area contributed by atoms with E-state index >= 15 is 0 Å². The molecule has 0 aliphatic rings. The molecule has 0 saturated carbocycles. The van der Waals surface area contributed by atoms with Crippen molar-refractivity contribution in [1.29, 1.82) is 0 Å². The van der Waals surface area contributed by atoms with Crippen LogP contribution in [-0.4, -0.2) is 13.1 Å². The molecule has 0 aliphatic heterocycles. The molecule has 0 aliphatic carbocycles. The second-order valence-electron chi connectivity index (χ2n) is 6.91. The van der Waals surface area contributed by atoms with Gasteiger partial charge in [0.25, 0.3) is 0 Å². The standard InChI is InChI=1S/C18H31N/c1-6-12-19-14-17(10-11-18(3,4)5)16-9-7-8-15(2)13-16/h7-9,13,17,19H,6,10-12,14H2,1-5H3. The van der Waals surface area contributed by atoms with Gasteiger partial charge in [-0.25, -0.2) is 0 Å². The van der Waals surface area contributed by atoms with Crippen molar-refractivity contribution >= 4 is 0 Å². The number of rotatable bonds is 7. The molecule has 0 bridgehead atoms. The minimum atomic E-state index is 0.423. The zero-order valence-electron chi connectivity index (χ0n) is 13.4. The summed E-state index contributed by atoms with van der Waals surface area (Å²) in [6, 6.07) is 9.01. The molecule has 0 heterocycles. The van der Waals surface area contributed by atoms with Gasteiger partial charge in [0.1, 0.15) is 0 Å². The van der Waals surface area contributed by atoms with Crippen molar-refractivity contribution in [2.24, 2.45) is 5.41 Å². The zero-order chi connectivity index (χ0) is 14.3. The third-order valence-electron chi connectivity index (χ3n) is 3.57. The van der Waals surface area contributed by atoms with Crippen LogP contribution in [0.15, 0.2) is 24.3 Å². The number of hydrogen-bond donors (Lipinski definition) is 1. The Labute approximate surface area is 119 Å². The molecule has 19 heavy (non-hydrogen) atoms.